The van der Waals surface area contributed by atoms with Gasteiger partial charge in [-0.1, -0.05) is 54.1 Å². The second kappa shape index (κ2) is 10.6. The Morgan fingerprint density at radius 1 is 1.06 bits per heavy atom. The number of hydrogen-bond acceptors (Lipinski definition) is 5. The highest BCUT2D eigenvalue weighted by Gasteiger charge is 2.14. The van der Waals surface area contributed by atoms with E-state index in [1.54, 1.807) is 6.20 Å². The Bertz CT molecular complexity index is 1020. The van der Waals surface area contributed by atoms with Crippen molar-refractivity contribution in [2.45, 2.75) is 32.9 Å². The highest BCUT2D eigenvalue weighted by atomic mass is 16.4. The molecule has 0 spiro atoms. The molecule has 2 heterocycles. The fourth-order valence-corrected chi connectivity index (χ4v) is 3.89. The van der Waals surface area contributed by atoms with Gasteiger partial charge < -0.3 is 14.6 Å². The Morgan fingerprint density at radius 2 is 1.81 bits per heavy atom. The van der Waals surface area contributed by atoms with Crippen LogP contribution in [0.1, 0.15) is 29.0 Å². The first-order valence-corrected chi connectivity index (χ1v) is 11.3. The molecule has 1 aliphatic heterocycles. The summed E-state index contributed by atoms with van der Waals surface area (Å²) in [5.74, 6) is 1.33. The maximum atomic E-state index is 12.3. The average molecular weight is 433 g/mol. The molecule has 1 aromatic heterocycles. The van der Waals surface area contributed by atoms with Crippen molar-refractivity contribution in [3.05, 3.63) is 77.3 Å². The fourth-order valence-electron chi connectivity index (χ4n) is 3.89. The zero-order chi connectivity index (χ0) is 22.3. The third kappa shape index (κ3) is 6.28. The summed E-state index contributed by atoms with van der Waals surface area (Å²) in [6.07, 6.45) is 2.57. The van der Waals surface area contributed by atoms with Gasteiger partial charge in [0.15, 0.2) is 11.7 Å². The normalized spacial score (nSPS) is 15.1. The van der Waals surface area contributed by atoms with Crippen LogP contribution in [0.5, 0.6) is 0 Å². The monoisotopic (exact) mass is 432 g/mol. The summed E-state index contributed by atoms with van der Waals surface area (Å²) in [7, 11) is 2.17. The van der Waals surface area contributed by atoms with Crippen LogP contribution < -0.4 is 5.32 Å². The molecule has 1 N–H and O–H groups in total. The molecule has 6 heteroatoms. The molecule has 2 aromatic carbocycles. The topological polar surface area (TPSA) is 61.6 Å². The Kier molecular flexibility index (Phi) is 7.35. The molecule has 168 valence electrons. The predicted octanol–water partition coefficient (Wildman–Crippen LogP) is 3.65. The summed E-state index contributed by atoms with van der Waals surface area (Å²) in [5, 5.41) is 3.02. The van der Waals surface area contributed by atoms with Crippen LogP contribution in [-0.4, -0.2) is 53.9 Å². The van der Waals surface area contributed by atoms with Crippen LogP contribution in [0.3, 0.4) is 0 Å². The maximum absolute atomic E-state index is 12.3. The lowest BCUT2D eigenvalue weighted by molar-refractivity contribution is -0.121. The summed E-state index contributed by atoms with van der Waals surface area (Å²) in [5.41, 5.74) is 4.62. The van der Waals surface area contributed by atoms with E-state index < -0.39 is 0 Å². The van der Waals surface area contributed by atoms with E-state index in [0.29, 0.717) is 25.3 Å². The molecule has 0 saturated carbocycles. The van der Waals surface area contributed by atoms with Gasteiger partial charge in [0.1, 0.15) is 0 Å². The van der Waals surface area contributed by atoms with Gasteiger partial charge in [-0.2, -0.15) is 0 Å². The smallest absolute Gasteiger partial charge is 0.220 e. The lowest BCUT2D eigenvalue weighted by Crippen LogP contribution is -2.43. The van der Waals surface area contributed by atoms with Gasteiger partial charge in [-0.25, -0.2) is 4.98 Å². The minimum Gasteiger partial charge on any atom is -0.441 e. The first-order chi connectivity index (χ1) is 15.5. The van der Waals surface area contributed by atoms with Crippen molar-refractivity contribution in [1.82, 2.24) is 20.1 Å². The molecule has 6 nitrogen and oxygen atoms in total. The first-order valence-electron chi connectivity index (χ1n) is 11.3. The second-order valence-corrected chi connectivity index (χ2v) is 8.66. The van der Waals surface area contributed by atoms with Gasteiger partial charge in [0.05, 0.1) is 6.20 Å². The Balaban J connectivity index is 1.22. The molecule has 0 unspecified atom stereocenters. The quantitative estimate of drug-likeness (QED) is 0.589. The van der Waals surface area contributed by atoms with Crippen molar-refractivity contribution in [1.29, 1.82) is 0 Å². The van der Waals surface area contributed by atoms with Crippen LogP contribution in [0.25, 0.3) is 11.3 Å². The number of rotatable bonds is 8. The zero-order valence-corrected chi connectivity index (χ0v) is 19.0. The maximum Gasteiger partial charge on any atom is 0.220 e. The molecule has 1 amide bonds. The summed E-state index contributed by atoms with van der Waals surface area (Å²) in [6.45, 7) is 7.99. The van der Waals surface area contributed by atoms with Gasteiger partial charge in [0.25, 0.3) is 0 Å². The van der Waals surface area contributed by atoms with Crippen molar-refractivity contribution < 1.29 is 9.21 Å². The predicted molar refractivity (Wildman–Crippen MR) is 126 cm³/mol. The number of nitrogens with one attached hydrogen (secondary N) is 1. The van der Waals surface area contributed by atoms with E-state index in [-0.39, 0.29) is 5.91 Å². The number of hydrogen-bond donors (Lipinski definition) is 1. The van der Waals surface area contributed by atoms with Crippen molar-refractivity contribution in [2.75, 3.05) is 33.2 Å². The van der Waals surface area contributed by atoms with Gasteiger partial charge in [0.2, 0.25) is 5.91 Å². The van der Waals surface area contributed by atoms with Crippen LogP contribution in [0.15, 0.2) is 59.1 Å². The number of amides is 1. The van der Waals surface area contributed by atoms with Crippen molar-refractivity contribution in [3.63, 3.8) is 0 Å². The molecule has 0 atom stereocenters. The number of oxazole rings is 1. The van der Waals surface area contributed by atoms with Crippen molar-refractivity contribution in [3.8, 4) is 11.3 Å². The van der Waals surface area contributed by atoms with Crippen LogP contribution in [0.2, 0.25) is 0 Å². The molecular formula is C26H32N4O2. The first kappa shape index (κ1) is 22.2. The van der Waals surface area contributed by atoms with E-state index in [1.807, 2.05) is 24.3 Å². The molecule has 1 fully saturated rings. The SMILES string of the molecule is Cc1ccc(-c2cnc(CCC(=O)NCc3cccc(CN4CCN(C)CC4)c3)o2)cc1. The van der Waals surface area contributed by atoms with Gasteiger partial charge in [-0.05, 0) is 25.1 Å². The van der Waals surface area contributed by atoms with Gasteiger partial charge in [-0.3, -0.25) is 9.69 Å². The number of likely N-dealkylation sites (N-methyl/N-ethyl adjacent to an activating group) is 1. The molecule has 0 bridgehead atoms. The van der Waals surface area contributed by atoms with Gasteiger partial charge >= 0.3 is 0 Å². The standard InChI is InChI=1S/C26H32N4O2/c1-20-6-8-23(9-7-20)24-18-28-26(32-24)11-10-25(31)27-17-21-4-3-5-22(16-21)19-30-14-12-29(2)13-15-30/h3-9,16,18H,10-15,17,19H2,1-2H3,(H,27,31). The number of benzene rings is 2. The molecule has 1 aliphatic rings. The van der Waals surface area contributed by atoms with Crippen LogP contribution in [-0.2, 0) is 24.3 Å². The minimum absolute atomic E-state index is 0.00422. The highest BCUT2D eigenvalue weighted by Crippen LogP contribution is 2.21. The largest absolute Gasteiger partial charge is 0.441 e. The molecule has 1 saturated heterocycles. The van der Waals surface area contributed by atoms with E-state index in [1.165, 1.54) is 11.1 Å². The number of aryl methyl sites for hydroxylation is 2. The number of carbonyl (C=O) groups is 1. The van der Waals surface area contributed by atoms with Crippen LogP contribution in [0, 0.1) is 6.92 Å². The molecule has 0 aliphatic carbocycles. The third-order valence-electron chi connectivity index (χ3n) is 5.94. The van der Waals surface area contributed by atoms with Gasteiger partial charge in [0, 0.05) is 57.7 Å². The summed E-state index contributed by atoms with van der Waals surface area (Å²) in [4.78, 5) is 21.5. The number of carbonyl (C=O) groups excluding carboxylic acids is 1. The summed E-state index contributed by atoms with van der Waals surface area (Å²) < 4.78 is 5.82. The number of nitrogens with zero attached hydrogens (tertiary/aromatic N) is 3. The van der Waals surface area contributed by atoms with E-state index in [0.717, 1.165) is 49.6 Å². The fraction of sp³-hybridized carbons (Fsp3) is 0.385. The molecular weight excluding hydrogens is 400 g/mol. The molecule has 3 aromatic rings. The van der Waals surface area contributed by atoms with Gasteiger partial charge in [-0.15, -0.1) is 0 Å². The summed E-state index contributed by atoms with van der Waals surface area (Å²) >= 11 is 0. The lowest BCUT2D eigenvalue weighted by Gasteiger charge is -2.32. The Morgan fingerprint density at radius 3 is 2.59 bits per heavy atom. The second-order valence-electron chi connectivity index (χ2n) is 8.66. The number of piperazine rings is 1. The Hall–Kier alpha value is -2.96. The lowest BCUT2D eigenvalue weighted by atomic mass is 10.1. The zero-order valence-electron chi connectivity index (χ0n) is 19.0. The Labute approximate surface area is 190 Å². The van der Waals surface area contributed by atoms with Crippen molar-refractivity contribution in [2.24, 2.45) is 0 Å². The van der Waals surface area contributed by atoms with E-state index in [9.17, 15) is 4.79 Å². The summed E-state index contributed by atoms with van der Waals surface area (Å²) in [6, 6.07) is 16.6. The molecule has 0 radical (unpaired) electrons. The van der Waals surface area contributed by atoms with Crippen LogP contribution >= 0.6 is 0 Å². The highest BCUT2D eigenvalue weighted by molar-refractivity contribution is 5.76. The molecule has 4 rings (SSSR count). The minimum atomic E-state index is 0.00422. The number of aromatic nitrogens is 1. The van der Waals surface area contributed by atoms with E-state index in [4.69, 9.17) is 4.42 Å². The average Bonchev–Trinajstić information content (AvgIpc) is 3.28. The van der Waals surface area contributed by atoms with E-state index in [2.05, 4.69) is 58.3 Å². The third-order valence-corrected chi connectivity index (χ3v) is 5.94. The van der Waals surface area contributed by atoms with Crippen molar-refractivity contribution >= 4 is 5.91 Å². The van der Waals surface area contributed by atoms with E-state index >= 15 is 0 Å². The van der Waals surface area contributed by atoms with Crippen LogP contribution in [0.4, 0.5) is 0 Å². The molecule has 32 heavy (non-hydrogen) atoms.